The first kappa shape index (κ1) is 11.4. The third-order valence-corrected chi connectivity index (χ3v) is 2.19. The molecular formula is C12H15NO2. The summed E-state index contributed by atoms with van der Waals surface area (Å²) in [7, 11) is 0. The Morgan fingerprint density at radius 3 is 2.53 bits per heavy atom. The molecule has 0 spiro atoms. The molecule has 0 saturated carbocycles. The molecule has 0 unspecified atom stereocenters. The maximum absolute atomic E-state index is 10.1. The van der Waals surface area contributed by atoms with Gasteiger partial charge in [-0.15, -0.1) is 0 Å². The molecule has 1 aromatic rings. The van der Waals surface area contributed by atoms with Gasteiger partial charge < -0.3 is 0 Å². The Morgan fingerprint density at radius 2 is 2.00 bits per heavy atom. The van der Waals surface area contributed by atoms with Crippen LogP contribution in [0.25, 0.3) is 6.08 Å². The van der Waals surface area contributed by atoms with Gasteiger partial charge in [0.25, 0.3) is 0 Å². The van der Waals surface area contributed by atoms with Gasteiger partial charge in [0.15, 0.2) is 0 Å². The molecule has 15 heavy (non-hydrogen) atoms. The van der Waals surface area contributed by atoms with E-state index in [9.17, 15) is 10.1 Å². The first-order valence-electron chi connectivity index (χ1n) is 5.13. The van der Waals surface area contributed by atoms with E-state index in [4.69, 9.17) is 0 Å². The highest BCUT2D eigenvalue weighted by molar-refractivity contribution is 5.48. The number of nitro groups is 1. The van der Waals surface area contributed by atoms with Crippen LogP contribution in [0.1, 0.15) is 30.9 Å². The zero-order chi connectivity index (χ0) is 11.1. The zero-order valence-electron chi connectivity index (χ0n) is 8.85. The second-order valence-corrected chi connectivity index (χ2v) is 3.45. The second kappa shape index (κ2) is 5.96. The molecule has 0 aromatic heterocycles. The highest BCUT2D eigenvalue weighted by Gasteiger charge is 1.93. The summed E-state index contributed by atoms with van der Waals surface area (Å²) < 4.78 is 0. The first-order chi connectivity index (χ1) is 7.22. The molecule has 0 saturated heterocycles. The fourth-order valence-corrected chi connectivity index (χ4v) is 1.32. The van der Waals surface area contributed by atoms with Gasteiger partial charge >= 0.3 is 0 Å². The van der Waals surface area contributed by atoms with Crippen molar-refractivity contribution in [1.82, 2.24) is 0 Å². The lowest BCUT2D eigenvalue weighted by Gasteiger charge is -1.99. The highest BCUT2D eigenvalue weighted by atomic mass is 16.6. The van der Waals surface area contributed by atoms with Gasteiger partial charge in [-0.2, -0.15) is 0 Å². The number of hydrogen-bond acceptors (Lipinski definition) is 2. The molecule has 1 rings (SSSR count). The van der Waals surface area contributed by atoms with E-state index in [1.54, 1.807) is 0 Å². The largest absolute Gasteiger partial charge is 0.259 e. The quantitative estimate of drug-likeness (QED) is 0.547. The molecule has 0 heterocycles. The standard InChI is InChI=1S/C12H15NO2/c1-2-3-4-11-5-7-12(8-6-11)9-10-13(14)15/h5-10H,2-4H2,1H3. The Labute approximate surface area is 89.6 Å². The topological polar surface area (TPSA) is 43.1 Å². The lowest BCUT2D eigenvalue weighted by Crippen LogP contribution is -1.85. The summed E-state index contributed by atoms with van der Waals surface area (Å²) in [6.45, 7) is 2.16. The molecule has 80 valence electrons. The van der Waals surface area contributed by atoms with Gasteiger partial charge in [-0.05, 0) is 24.0 Å². The van der Waals surface area contributed by atoms with E-state index in [0.717, 1.165) is 18.2 Å². The Balaban J connectivity index is 2.60. The van der Waals surface area contributed by atoms with E-state index < -0.39 is 4.92 Å². The Hall–Kier alpha value is -1.64. The van der Waals surface area contributed by atoms with Crippen molar-refractivity contribution in [3.63, 3.8) is 0 Å². The molecule has 0 N–H and O–H groups in total. The lowest BCUT2D eigenvalue weighted by atomic mass is 10.1. The van der Waals surface area contributed by atoms with Crippen molar-refractivity contribution in [2.45, 2.75) is 26.2 Å². The van der Waals surface area contributed by atoms with Crippen molar-refractivity contribution in [3.8, 4) is 0 Å². The van der Waals surface area contributed by atoms with Crippen molar-refractivity contribution in [2.24, 2.45) is 0 Å². The van der Waals surface area contributed by atoms with Crippen LogP contribution < -0.4 is 0 Å². The minimum atomic E-state index is -0.453. The maximum atomic E-state index is 10.1. The number of benzene rings is 1. The molecule has 1 aromatic carbocycles. The number of unbranched alkanes of at least 4 members (excludes halogenated alkanes) is 1. The molecule has 0 bridgehead atoms. The molecule has 0 atom stereocenters. The predicted octanol–water partition coefficient (Wildman–Crippen LogP) is 3.28. The summed E-state index contributed by atoms with van der Waals surface area (Å²) in [6, 6.07) is 7.86. The lowest BCUT2D eigenvalue weighted by molar-refractivity contribution is -0.400. The van der Waals surface area contributed by atoms with E-state index in [1.807, 2.05) is 24.3 Å². The average molecular weight is 205 g/mol. The first-order valence-corrected chi connectivity index (χ1v) is 5.13. The normalized spacial score (nSPS) is 10.7. The Bertz CT molecular complexity index is 341. The minimum Gasteiger partial charge on any atom is -0.259 e. The second-order valence-electron chi connectivity index (χ2n) is 3.45. The fraction of sp³-hybridized carbons (Fsp3) is 0.333. The van der Waals surface area contributed by atoms with Crippen LogP contribution in [0.15, 0.2) is 30.5 Å². The Kier molecular flexibility index (Phi) is 4.54. The highest BCUT2D eigenvalue weighted by Crippen LogP contribution is 2.09. The summed E-state index contributed by atoms with van der Waals surface area (Å²) >= 11 is 0. The fourth-order valence-electron chi connectivity index (χ4n) is 1.32. The summed E-state index contributed by atoms with van der Waals surface area (Å²) in [4.78, 5) is 9.65. The van der Waals surface area contributed by atoms with Gasteiger partial charge in [0.1, 0.15) is 0 Å². The summed E-state index contributed by atoms with van der Waals surface area (Å²) in [5.74, 6) is 0. The smallest absolute Gasteiger partial charge is 0.235 e. The van der Waals surface area contributed by atoms with Gasteiger partial charge in [-0.1, -0.05) is 37.6 Å². The summed E-state index contributed by atoms with van der Waals surface area (Å²) in [5.41, 5.74) is 2.15. The van der Waals surface area contributed by atoms with Gasteiger partial charge in [0, 0.05) is 6.08 Å². The van der Waals surface area contributed by atoms with Crippen LogP contribution in [0.3, 0.4) is 0 Å². The number of hydrogen-bond donors (Lipinski definition) is 0. The minimum absolute atomic E-state index is 0.453. The van der Waals surface area contributed by atoms with Gasteiger partial charge in [0.2, 0.25) is 6.20 Å². The van der Waals surface area contributed by atoms with Crippen molar-refractivity contribution >= 4 is 6.08 Å². The van der Waals surface area contributed by atoms with Crippen LogP contribution in [0.5, 0.6) is 0 Å². The van der Waals surface area contributed by atoms with E-state index in [1.165, 1.54) is 24.5 Å². The van der Waals surface area contributed by atoms with Crippen molar-refractivity contribution in [1.29, 1.82) is 0 Å². The third-order valence-electron chi connectivity index (χ3n) is 2.19. The molecule has 0 fully saturated rings. The number of aryl methyl sites for hydroxylation is 1. The number of rotatable bonds is 5. The molecular weight excluding hydrogens is 190 g/mol. The molecule has 3 heteroatoms. The van der Waals surface area contributed by atoms with Crippen LogP contribution >= 0.6 is 0 Å². The molecule has 0 aliphatic rings. The van der Waals surface area contributed by atoms with Crippen LogP contribution in [0.4, 0.5) is 0 Å². The van der Waals surface area contributed by atoms with Crippen molar-refractivity contribution in [2.75, 3.05) is 0 Å². The predicted molar refractivity (Wildman–Crippen MR) is 61.1 cm³/mol. The van der Waals surface area contributed by atoms with E-state index >= 15 is 0 Å². The van der Waals surface area contributed by atoms with Gasteiger partial charge in [-0.3, -0.25) is 10.1 Å². The van der Waals surface area contributed by atoms with Crippen LogP contribution in [-0.4, -0.2) is 4.92 Å². The summed E-state index contributed by atoms with van der Waals surface area (Å²) in [6.07, 6.45) is 5.91. The van der Waals surface area contributed by atoms with E-state index in [2.05, 4.69) is 6.92 Å². The molecule has 0 aliphatic heterocycles. The van der Waals surface area contributed by atoms with Crippen molar-refractivity contribution < 1.29 is 4.92 Å². The van der Waals surface area contributed by atoms with Gasteiger partial charge in [0.05, 0.1) is 4.92 Å². The molecule has 0 radical (unpaired) electrons. The van der Waals surface area contributed by atoms with E-state index in [0.29, 0.717) is 0 Å². The third kappa shape index (κ3) is 4.40. The average Bonchev–Trinajstić information content (AvgIpc) is 2.25. The van der Waals surface area contributed by atoms with Crippen LogP contribution in [0, 0.1) is 10.1 Å². The van der Waals surface area contributed by atoms with Gasteiger partial charge in [-0.25, -0.2) is 0 Å². The molecule has 0 amide bonds. The van der Waals surface area contributed by atoms with Crippen LogP contribution in [0.2, 0.25) is 0 Å². The van der Waals surface area contributed by atoms with Crippen molar-refractivity contribution in [3.05, 3.63) is 51.7 Å². The molecule has 3 nitrogen and oxygen atoms in total. The maximum Gasteiger partial charge on any atom is 0.235 e. The van der Waals surface area contributed by atoms with E-state index in [-0.39, 0.29) is 0 Å². The Morgan fingerprint density at radius 1 is 1.33 bits per heavy atom. The zero-order valence-corrected chi connectivity index (χ0v) is 8.85. The van der Waals surface area contributed by atoms with Crippen LogP contribution in [-0.2, 0) is 6.42 Å². The SMILES string of the molecule is CCCCc1ccc(C=C[N+](=O)[O-])cc1. The number of nitrogens with zero attached hydrogens (tertiary/aromatic N) is 1. The molecule has 0 aliphatic carbocycles. The summed E-state index contributed by atoms with van der Waals surface area (Å²) in [5, 5.41) is 10.1. The monoisotopic (exact) mass is 205 g/mol.